The second-order valence-corrected chi connectivity index (χ2v) is 12.8. The molecule has 0 amide bonds. The van der Waals surface area contributed by atoms with Crippen molar-refractivity contribution in [2.24, 2.45) is 0 Å². The smallest absolute Gasteiger partial charge is 0.0154 e. The summed E-state index contributed by atoms with van der Waals surface area (Å²) in [5, 5.41) is 7.35. The van der Waals surface area contributed by atoms with E-state index in [0.29, 0.717) is 0 Å². The van der Waals surface area contributed by atoms with E-state index < -0.39 is 15.8 Å². The maximum Gasteiger partial charge on any atom is -0.0154 e. The molecule has 2 heteroatoms. The van der Waals surface area contributed by atoms with Crippen LogP contribution in [0.15, 0.2) is 132 Å². The molecule has 0 atom stereocenters. The monoisotopic (exact) mass is 480 g/mol. The van der Waals surface area contributed by atoms with Crippen molar-refractivity contribution in [3.63, 3.8) is 0 Å². The lowest BCUT2D eigenvalue weighted by Crippen LogP contribution is -2.15. The van der Waals surface area contributed by atoms with Gasteiger partial charge in [0.1, 0.15) is 0 Å². The van der Waals surface area contributed by atoms with Crippen LogP contribution in [0, 0.1) is 0 Å². The van der Waals surface area contributed by atoms with Gasteiger partial charge in [0.15, 0.2) is 0 Å². The molecule has 0 fully saturated rings. The van der Waals surface area contributed by atoms with E-state index in [1.54, 1.807) is 5.31 Å². The van der Waals surface area contributed by atoms with E-state index in [-0.39, 0.29) is 0 Å². The van der Waals surface area contributed by atoms with Crippen molar-refractivity contribution in [1.29, 1.82) is 0 Å². The molecule has 4 aromatic carbocycles. The van der Waals surface area contributed by atoms with Crippen molar-refractivity contribution < 1.29 is 0 Å². The zero-order chi connectivity index (χ0) is 23.4. The third kappa shape index (κ3) is 6.76. The highest BCUT2D eigenvalue weighted by molar-refractivity contribution is 7.80. The third-order valence-corrected chi connectivity index (χ3v) is 11.0. The average Bonchev–Trinajstić information content (AvgIpc) is 2.91. The quantitative estimate of drug-likeness (QED) is 0.150. The fourth-order valence-corrected chi connectivity index (χ4v) is 9.33. The molecule has 172 valence electrons. The van der Waals surface area contributed by atoms with Gasteiger partial charge in [0.2, 0.25) is 0 Å². The third-order valence-electron chi connectivity index (χ3n) is 5.95. The molecular formula is C32H34P2. The van der Waals surface area contributed by atoms with Gasteiger partial charge < -0.3 is 0 Å². The summed E-state index contributed by atoms with van der Waals surface area (Å²) in [4.78, 5) is 0. The van der Waals surface area contributed by atoms with Gasteiger partial charge in [0.25, 0.3) is 0 Å². The topological polar surface area (TPSA) is 0 Å². The Labute approximate surface area is 208 Å². The van der Waals surface area contributed by atoms with Crippen molar-refractivity contribution in [3.8, 4) is 0 Å². The SMILES string of the molecule is CCCCCC/C(=C\P(c1ccccc1)c1ccccc1)P(c1ccccc1)c1ccccc1. The molecule has 0 heterocycles. The van der Waals surface area contributed by atoms with Gasteiger partial charge in [0.05, 0.1) is 0 Å². The lowest BCUT2D eigenvalue weighted by Gasteiger charge is -2.25. The van der Waals surface area contributed by atoms with Gasteiger partial charge >= 0.3 is 0 Å². The number of allylic oxidation sites excluding steroid dienone is 1. The summed E-state index contributed by atoms with van der Waals surface area (Å²) in [5.41, 5.74) is 0. The number of unbranched alkanes of at least 4 members (excludes halogenated alkanes) is 3. The summed E-state index contributed by atoms with van der Waals surface area (Å²) in [7, 11) is -1.14. The zero-order valence-electron chi connectivity index (χ0n) is 20.1. The fraction of sp³-hybridized carbons (Fsp3) is 0.188. The van der Waals surface area contributed by atoms with Crippen LogP contribution in [-0.2, 0) is 0 Å². The van der Waals surface area contributed by atoms with E-state index in [9.17, 15) is 0 Å². The van der Waals surface area contributed by atoms with Crippen molar-refractivity contribution in [2.75, 3.05) is 0 Å². The number of benzene rings is 4. The zero-order valence-corrected chi connectivity index (χ0v) is 21.8. The molecule has 0 aliphatic heterocycles. The largest absolute Gasteiger partial charge is 0.0654 e. The lowest BCUT2D eigenvalue weighted by atomic mass is 10.1. The minimum atomic E-state index is -0.574. The maximum atomic E-state index is 2.66. The van der Waals surface area contributed by atoms with Crippen LogP contribution >= 0.6 is 15.8 Å². The van der Waals surface area contributed by atoms with E-state index in [4.69, 9.17) is 0 Å². The molecule has 0 bridgehead atoms. The Hall–Kier alpha value is -2.52. The molecule has 0 saturated carbocycles. The molecule has 0 N–H and O–H groups in total. The van der Waals surface area contributed by atoms with E-state index in [0.717, 1.165) is 6.42 Å². The molecule has 0 saturated heterocycles. The second kappa shape index (κ2) is 13.4. The number of hydrogen-bond acceptors (Lipinski definition) is 0. The highest BCUT2D eigenvalue weighted by atomic mass is 31.1. The van der Waals surface area contributed by atoms with Gasteiger partial charge in [0, 0.05) is 0 Å². The lowest BCUT2D eigenvalue weighted by molar-refractivity contribution is 0.672. The van der Waals surface area contributed by atoms with Crippen molar-refractivity contribution >= 4 is 37.1 Å². The normalized spacial score (nSPS) is 11.8. The molecule has 34 heavy (non-hydrogen) atoms. The molecule has 0 spiro atoms. The number of rotatable bonds is 11. The van der Waals surface area contributed by atoms with Gasteiger partial charge in [-0.25, -0.2) is 0 Å². The minimum Gasteiger partial charge on any atom is -0.0654 e. The highest BCUT2D eigenvalue weighted by Gasteiger charge is 2.21. The van der Waals surface area contributed by atoms with E-state index in [1.807, 2.05) is 0 Å². The van der Waals surface area contributed by atoms with Crippen LogP contribution in [-0.4, -0.2) is 0 Å². The van der Waals surface area contributed by atoms with Gasteiger partial charge in [-0.15, -0.1) is 0 Å². The van der Waals surface area contributed by atoms with E-state index in [2.05, 4.69) is 134 Å². The molecular weight excluding hydrogens is 446 g/mol. The van der Waals surface area contributed by atoms with Gasteiger partial charge in [-0.2, -0.15) is 0 Å². The minimum absolute atomic E-state index is 0.571. The number of hydrogen-bond donors (Lipinski definition) is 0. The van der Waals surface area contributed by atoms with Crippen LogP contribution in [0.2, 0.25) is 0 Å². The molecule has 0 radical (unpaired) electrons. The maximum absolute atomic E-state index is 2.66. The summed E-state index contributed by atoms with van der Waals surface area (Å²) in [5.74, 6) is 2.66. The molecule has 0 nitrogen and oxygen atoms in total. The van der Waals surface area contributed by atoms with Gasteiger partial charge in [-0.3, -0.25) is 0 Å². The summed E-state index contributed by atoms with van der Waals surface area (Å²) < 4.78 is 0. The van der Waals surface area contributed by atoms with Crippen LogP contribution in [0.5, 0.6) is 0 Å². The molecule has 0 unspecified atom stereocenters. The summed E-state index contributed by atoms with van der Waals surface area (Å²) >= 11 is 0. The van der Waals surface area contributed by atoms with Crippen LogP contribution in [0.3, 0.4) is 0 Å². The van der Waals surface area contributed by atoms with Crippen molar-refractivity contribution in [2.45, 2.75) is 39.0 Å². The van der Waals surface area contributed by atoms with Crippen LogP contribution in [0.4, 0.5) is 0 Å². The van der Waals surface area contributed by atoms with E-state index in [1.165, 1.54) is 46.9 Å². The summed E-state index contributed by atoms with van der Waals surface area (Å²) in [6.07, 6.45) is 6.30. The van der Waals surface area contributed by atoms with Crippen LogP contribution < -0.4 is 21.2 Å². The summed E-state index contributed by atoms with van der Waals surface area (Å²) in [6, 6.07) is 44.5. The Bertz CT molecular complexity index is 1040. The van der Waals surface area contributed by atoms with Crippen molar-refractivity contribution in [1.82, 2.24) is 0 Å². The Balaban J connectivity index is 1.83. The molecule has 0 aliphatic carbocycles. The van der Waals surface area contributed by atoms with Crippen LogP contribution in [0.25, 0.3) is 0 Å². The Morgan fingerprint density at radius 2 is 0.941 bits per heavy atom. The molecule has 0 aromatic heterocycles. The molecule has 4 rings (SSSR count). The van der Waals surface area contributed by atoms with Crippen molar-refractivity contribution in [3.05, 3.63) is 132 Å². The average molecular weight is 481 g/mol. The first kappa shape index (κ1) is 24.6. The Morgan fingerprint density at radius 1 is 0.529 bits per heavy atom. The first-order valence-corrected chi connectivity index (χ1v) is 15.1. The second-order valence-electron chi connectivity index (χ2n) is 8.48. The first-order valence-electron chi connectivity index (χ1n) is 12.4. The van der Waals surface area contributed by atoms with Crippen LogP contribution in [0.1, 0.15) is 39.0 Å². The predicted molar refractivity (Wildman–Crippen MR) is 155 cm³/mol. The van der Waals surface area contributed by atoms with E-state index >= 15 is 0 Å². The Kier molecular flexibility index (Phi) is 9.69. The molecule has 4 aromatic rings. The standard InChI is InChI=1S/C32H34P2/c1-2-3-4-9-26-32(34(30-22-14-7-15-23-30)31-24-16-8-17-25-31)27-33(28-18-10-5-11-19-28)29-20-12-6-13-21-29/h5-8,10-25,27H,2-4,9,26H2,1H3/b32-27+. The van der Waals surface area contributed by atoms with Gasteiger partial charge in [-0.05, 0) is 61.0 Å². The van der Waals surface area contributed by atoms with Gasteiger partial charge in [-0.1, -0.05) is 148 Å². The molecule has 0 aliphatic rings. The fourth-order valence-electron chi connectivity index (χ4n) is 4.23. The summed E-state index contributed by atoms with van der Waals surface area (Å²) in [6.45, 7) is 2.29. The Morgan fingerprint density at radius 3 is 1.35 bits per heavy atom. The highest BCUT2D eigenvalue weighted by Crippen LogP contribution is 2.50. The predicted octanol–water partition coefficient (Wildman–Crippen LogP) is 8.06. The first-order chi connectivity index (χ1) is 16.9.